The number of aliphatic hydroxyl groups excluding tert-OH is 1. The van der Waals surface area contributed by atoms with Gasteiger partial charge in [0, 0.05) is 6.42 Å². The van der Waals surface area contributed by atoms with Gasteiger partial charge in [0.25, 0.3) is 0 Å². The zero-order valence-electron chi connectivity index (χ0n) is 16.3. The summed E-state index contributed by atoms with van der Waals surface area (Å²) in [7, 11) is 0. The van der Waals surface area contributed by atoms with E-state index >= 15 is 0 Å². The summed E-state index contributed by atoms with van der Waals surface area (Å²) in [5, 5.41) is 8.94. The molecule has 0 amide bonds. The topological polar surface area (TPSA) is 80.7 Å². The van der Waals surface area contributed by atoms with Crippen LogP contribution in [0.5, 0.6) is 0 Å². The van der Waals surface area contributed by atoms with E-state index in [4.69, 9.17) is 9.84 Å². The van der Waals surface area contributed by atoms with Crippen molar-refractivity contribution in [1.29, 1.82) is 0 Å². The van der Waals surface area contributed by atoms with Crippen molar-refractivity contribution in [2.24, 2.45) is 5.92 Å². The summed E-state index contributed by atoms with van der Waals surface area (Å²) in [6.45, 7) is 1.69. The molecule has 5 nitrogen and oxygen atoms in total. The monoisotopic (exact) mass is 368 g/mol. The van der Waals surface area contributed by atoms with E-state index in [1.807, 2.05) is 0 Å². The summed E-state index contributed by atoms with van der Waals surface area (Å²) in [5.41, 5.74) is 0. The van der Waals surface area contributed by atoms with E-state index in [-0.39, 0.29) is 12.2 Å². The lowest BCUT2D eigenvalue weighted by Gasteiger charge is -2.05. The van der Waals surface area contributed by atoms with Crippen LogP contribution in [0.15, 0.2) is 0 Å². The molecule has 0 aromatic rings. The fourth-order valence-corrected chi connectivity index (χ4v) is 3.45. The molecule has 0 bridgehead atoms. The third kappa shape index (κ3) is 8.43. The first-order valence-corrected chi connectivity index (χ1v) is 10.5. The molecule has 1 saturated heterocycles. The molecule has 0 aromatic heterocycles. The van der Waals surface area contributed by atoms with Crippen LogP contribution in [0.4, 0.5) is 0 Å². The van der Waals surface area contributed by atoms with Gasteiger partial charge in [-0.25, -0.2) is 0 Å². The van der Waals surface area contributed by atoms with E-state index in [0.29, 0.717) is 6.42 Å². The van der Waals surface area contributed by atoms with Gasteiger partial charge in [0.15, 0.2) is 23.6 Å². The minimum atomic E-state index is -1.30. The SMILES string of the molecule is CCCCCCCCCCCCCCCC(=O)C1C(=O)O[C@H](CO)C1=O. The van der Waals surface area contributed by atoms with Gasteiger partial charge in [-0.1, -0.05) is 84.0 Å². The Labute approximate surface area is 157 Å². The van der Waals surface area contributed by atoms with E-state index < -0.39 is 30.4 Å². The molecule has 0 aromatic carbocycles. The summed E-state index contributed by atoms with van der Waals surface area (Å²) in [5.74, 6) is -3.05. The lowest BCUT2D eigenvalue weighted by atomic mass is 9.94. The predicted octanol–water partition coefficient (Wildman–Crippen LogP) is 4.14. The molecule has 5 heteroatoms. The smallest absolute Gasteiger partial charge is 0.325 e. The van der Waals surface area contributed by atoms with Crippen LogP contribution in [0.25, 0.3) is 0 Å². The van der Waals surface area contributed by atoms with E-state index in [0.717, 1.165) is 12.8 Å². The Morgan fingerprint density at radius 2 is 1.31 bits per heavy atom. The van der Waals surface area contributed by atoms with Crippen molar-refractivity contribution in [3.05, 3.63) is 0 Å². The first-order chi connectivity index (χ1) is 12.6. The maximum Gasteiger partial charge on any atom is 0.325 e. The van der Waals surface area contributed by atoms with Crippen molar-refractivity contribution in [3.63, 3.8) is 0 Å². The fourth-order valence-electron chi connectivity index (χ4n) is 3.45. The number of Topliss-reactive ketones (excluding diaryl/α,β-unsaturated/α-hetero) is 2. The largest absolute Gasteiger partial charge is 0.451 e. The van der Waals surface area contributed by atoms with Crippen LogP contribution < -0.4 is 0 Å². The lowest BCUT2D eigenvalue weighted by molar-refractivity contribution is -0.147. The van der Waals surface area contributed by atoms with Gasteiger partial charge in [-0.15, -0.1) is 0 Å². The fraction of sp³-hybridized carbons (Fsp3) is 0.857. The number of ketones is 2. The van der Waals surface area contributed by atoms with Gasteiger partial charge in [-0.3, -0.25) is 14.4 Å². The van der Waals surface area contributed by atoms with Crippen LogP contribution in [-0.4, -0.2) is 35.4 Å². The number of hydrogen-bond acceptors (Lipinski definition) is 5. The van der Waals surface area contributed by atoms with E-state index in [1.54, 1.807) is 0 Å². The highest BCUT2D eigenvalue weighted by atomic mass is 16.6. The minimum Gasteiger partial charge on any atom is -0.451 e. The van der Waals surface area contributed by atoms with Gasteiger partial charge < -0.3 is 9.84 Å². The number of hydrogen-bond donors (Lipinski definition) is 1. The highest BCUT2D eigenvalue weighted by molar-refractivity contribution is 6.21. The normalized spacial score (nSPS) is 19.8. The molecule has 1 heterocycles. The molecular formula is C21H36O5. The Bertz CT molecular complexity index is 432. The third-order valence-corrected chi connectivity index (χ3v) is 5.11. The Balaban J connectivity index is 1.95. The first kappa shape index (κ1) is 22.8. The van der Waals surface area contributed by atoms with Crippen LogP contribution in [0, 0.1) is 5.92 Å². The molecule has 1 aliphatic rings. The van der Waals surface area contributed by atoms with E-state index in [2.05, 4.69) is 6.92 Å². The third-order valence-electron chi connectivity index (χ3n) is 5.11. The number of carbonyl (C=O) groups excluding carboxylic acids is 3. The van der Waals surface area contributed by atoms with E-state index in [1.165, 1.54) is 64.2 Å². The predicted molar refractivity (Wildman–Crippen MR) is 101 cm³/mol. The second-order valence-corrected chi connectivity index (χ2v) is 7.40. The van der Waals surface area contributed by atoms with Crippen molar-refractivity contribution in [3.8, 4) is 0 Å². The zero-order valence-corrected chi connectivity index (χ0v) is 16.3. The number of carbonyl (C=O) groups is 3. The highest BCUT2D eigenvalue weighted by Crippen LogP contribution is 2.21. The molecule has 1 unspecified atom stereocenters. The molecule has 0 aliphatic carbocycles. The van der Waals surface area contributed by atoms with E-state index in [9.17, 15) is 14.4 Å². The second kappa shape index (κ2) is 13.9. The van der Waals surface area contributed by atoms with Gasteiger partial charge in [0.1, 0.15) is 0 Å². The summed E-state index contributed by atoms with van der Waals surface area (Å²) in [4.78, 5) is 35.4. The zero-order chi connectivity index (χ0) is 19.2. The molecular weight excluding hydrogens is 332 g/mol. The second-order valence-electron chi connectivity index (χ2n) is 7.40. The summed E-state index contributed by atoms with van der Waals surface area (Å²) in [6, 6.07) is 0. The number of aliphatic hydroxyl groups is 1. The Morgan fingerprint density at radius 3 is 1.73 bits per heavy atom. The van der Waals surface area contributed by atoms with Gasteiger partial charge in [0.2, 0.25) is 0 Å². The molecule has 1 N–H and O–H groups in total. The van der Waals surface area contributed by atoms with Gasteiger partial charge in [-0.05, 0) is 6.42 Å². The first-order valence-electron chi connectivity index (χ1n) is 10.5. The highest BCUT2D eigenvalue weighted by Gasteiger charge is 2.46. The van der Waals surface area contributed by atoms with Crippen molar-refractivity contribution >= 4 is 17.5 Å². The lowest BCUT2D eigenvalue weighted by Crippen LogP contribution is -2.29. The number of esters is 1. The minimum absolute atomic E-state index is 0.238. The number of cyclic esters (lactones) is 1. The molecule has 0 radical (unpaired) electrons. The molecule has 1 rings (SSSR count). The molecule has 1 fully saturated rings. The van der Waals surface area contributed by atoms with Gasteiger partial charge in [0.05, 0.1) is 6.61 Å². The van der Waals surface area contributed by atoms with Gasteiger partial charge in [-0.2, -0.15) is 0 Å². The summed E-state index contributed by atoms with van der Waals surface area (Å²) in [6.07, 6.45) is 15.0. The van der Waals surface area contributed by atoms with Crippen LogP contribution in [0.1, 0.15) is 96.8 Å². The molecule has 150 valence electrons. The number of ether oxygens (including phenoxy) is 1. The Kier molecular flexibility index (Phi) is 12.2. The maximum absolute atomic E-state index is 12.0. The molecule has 0 saturated carbocycles. The average Bonchev–Trinajstić information content (AvgIpc) is 2.92. The Hall–Kier alpha value is -1.23. The maximum atomic E-state index is 12.0. The quantitative estimate of drug-likeness (QED) is 0.252. The van der Waals surface area contributed by atoms with Crippen molar-refractivity contribution in [2.45, 2.75) is 103 Å². The number of rotatable bonds is 16. The molecule has 0 spiro atoms. The van der Waals surface area contributed by atoms with Crippen molar-refractivity contribution in [2.75, 3.05) is 6.61 Å². The van der Waals surface area contributed by atoms with Crippen molar-refractivity contribution < 1.29 is 24.2 Å². The number of unbranched alkanes of at least 4 members (excludes halogenated alkanes) is 12. The van der Waals surface area contributed by atoms with Crippen LogP contribution in [0.2, 0.25) is 0 Å². The standard InChI is InChI=1S/C21H36O5/c1-2-3-4-5-6-7-8-9-10-11-12-13-14-15-17(23)19-20(24)18(16-22)26-21(19)25/h18-19,22H,2-16H2,1H3/t18-,19?/m1/s1. The van der Waals surface area contributed by atoms with Crippen LogP contribution in [0.3, 0.4) is 0 Å². The Morgan fingerprint density at radius 1 is 0.846 bits per heavy atom. The molecule has 1 aliphatic heterocycles. The molecule has 2 atom stereocenters. The van der Waals surface area contributed by atoms with Crippen LogP contribution >= 0.6 is 0 Å². The average molecular weight is 369 g/mol. The summed E-state index contributed by atoms with van der Waals surface area (Å²) >= 11 is 0. The van der Waals surface area contributed by atoms with Crippen molar-refractivity contribution in [1.82, 2.24) is 0 Å². The van der Waals surface area contributed by atoms with Crippen LogP contribution in [-0.2, 0) is 19.1 Å². The van der Waals surface area contributed by atoms with Gasteiger partial charge >= 0.3 is 5.97 Å². The summed E-state index contributed by atoms with van der Waals surface area (Å²) < 4.78 is 4.72. The molecule has 26 heavy (non-hydrogen) atoms.